The van der Waals surface area contributed by atoms with Gasteiger partial charge in [0, 0.05) is 36.1 Å². The number of hydrogen-bond acceptors (Lipinski definition) is 7. The Morgan fingerprint density at radius 2 is 2.06 bits per heavy atom. The fourth-order valence-corrected chi connectivity index (χ4v) is 3.82. The van der Waals surface area contributed by atoms with Crippen molar-refractivity contribution in [2.45, 2.75) is 12.7 Å². The number of benzene rings is 1. The molecule has 4 rings (SSSR count). The highest BCUT2D eigenvalue weighted by atomic mass is 79.9. The number of nitrogens with one attached hydrogen (secondary N) is 3. The molecule has 0 aliphatic heterocycles. The second-order valence-electron chi connectivity index (χ2n) is 7.00. The van der Waals surface area contributed by atoms with Gasteiger partial charge in [0.15, 0.2) is 0 Å². The molecular formula is C21H17BrF3N7O2. The van der Waals surface area contributed by atoms with Crippen LogP contribution in [0.2, 0.25) is 0 Å². The van der Waals surface area contributed by atoms with Crippen LogP contribution in [0.4, 0.5) is 35.4 Å². The van der Waals surface area contributed by atoms with Gasteiger partial charge in [-0.3, -0.25) is 5.32 Å². The molecule has 0 atom stereocenters. The number of nitrogens with zero attached hydrogens (tertiary/aromatic N) is 3. The highest BCUT2D eigenvalue weighted by molar-refractivity contribution is 9.10. The lowest BCUT2D eigenvalue weighted by atomic mass is 10.1. The number of methoxy groups -OCH3 is 1. The van der Waals surface area contributed by atoms with Crippen LogP contribution in [-0.4, -0.2) is 33.1 Å². The first-order valence-electron chi connectivity index (χ1n) is 9.72. The molecule has 0 unspecified atom stereocenters. The number of alkyl halides is 3. The van der Waals surface area contributed by atoms with Gasteiger partial charge in [-0.25, -0.2) is 19.7 Å². The number of H-pyrrole nitrogens is 1. The monoisotopic (exact) mass is 535 g/mol. The van der Waals surface area contributed by atoms with E-state index in [4.69, 9.17) is 5.73 Å². The Labute approximate surface area is 199 Å². The fourth-order valence-electron chi connectivity index (χ4n) is 3.26. The van der Waals surface area contributed by atoms with E-state index in [0.717, 1.165) is 11.8 Å². The number of anilines is 3. The highest BCUT2D eigenvalue weighted by Gasteiger charge is 2.36. The zero-order valence-corrected chi connectivity index (χ0v) is 19.1. The van der Waals surface area contributed by atoms with Crippen LogP contribution in [0.1, 0.15) is 11.1 Å². The van der Waals surface area contributed by atoms with Crippen LogP contribution in [-0.2, 0) is 17.5 Å². The van der Waals surface area contributed by atoms with E-state index in [1.54, 1.807) is 18.2 Å². The Morgan fingerprint density at radius 3 is 2.76 bits per heavy atom. The van der Waals surface area contributed by atoms with Crippen LogP contribution in [0.5, 0.6) is 0 Å². The molecule has 1 amide bonds. The number of amides is 1. The number of halogens is 4. The number of rotatable bonds is 5. The minimum Gasteiger partial charge on any atom is -0.453 e. The van der Waals surface area contributed by atoms with Gasteiger partial charge in [0.05, 0.1) is 28.5 Å². The van der Waals surface area contributed by atoms with E-state index in [9.17, 15) is 18.0 Å². The number of aromatic amines is 1. The lowest BCUT2D eigenvalue weighted by Crippen LogP contribution is -2.11. The van der Waals surface area contributed by atoms with E-state index in [1.807, 2.05) is 0 Å². The summed E-state index contributed by atoms with van der Waals surface area (Å²) < 4.78 is 46.5. The average Bonchev–Trinajstić information content (AvgIpc) is 3.25. The van der Waals surface area contributed by atoms with Gasteiger partial charge in [0.1, 0.15) is 11.4 Å². The van der Waals surface area contributed by atoms with Crippen LogP contribution in [0, 0.1) is 0 Å². The highest BCUT2D eigenvalue weighted by Crippen LogP contribution is 2.41. The summed E-state index contributed by atoms with van der Waals surface area (Å²) in [7, 11) is 1.22. The number of hydrogen-bond donors (Lipinski definition) is 4. The molecule has 34 heavy (non-hydrogen) atoms. The molecule has 5 N–H and O–H groups in total. The molecule has 0 saturated carbocycles. The van der Waals surface area contributed by atoms with Crippen molar-refractivity contribution < 1.29 is 22.7 Å². The first-order chi connectivity index (χ1) is 16.2. The summed E-state index contributed by atoms with van der Waals surface area (Å²) in [5.41, 5.74) is 6.11. The normalized spacial score (nSPS) is 11.5. The molecule has 0 bridgehead atoms. The van der Waals surface area contributed by atoms with Gasteiger partial charge in [-0.05, 0) is 39.7 Å². The molecule has 176 valence electrons. The maximum atomic E-state index is 13.8. The van der Waals surface area contributed by atoms with Gasteiger partial charge in [-0.2, -0.15) is 13.2 Å². The van der Waals surface area contributed by atoms with Crippen molar-refractivity contribution >= 4 is 50.4 Å². The fraction of sp³-hybridized carbons (Fsp3) is 0.143. The molecule has 0 aliphatic rings. The third-order valence-corrected chi connectivity index (χ3v) is 5.69. The summed E-state index contributed by atoms with van der Waals surface area (Å²) in [6, 6.07) is 6.48. The van der Waals surface area contributed by atoms with E-state index >= 15 is 0 Å². The van der Waals surface area contributed by atoms with Crippen LogP contribution in [0.3, 0.4) is 0 Å². The number of fused-ring (bicyclic) bond motifs is 1. The van der Waals surface area contributed by atoms with Crippen LogP contribution < -0.4 is 16.4 Å². The SMILES string of the molecule is COC(=O)Nc1ccc2c(-c3nc(Nc4cc(CN)ccn4)ncc3C(F)(F)F)c[nH]c2c1Br. The lowest BCUT2D eigenvalue weighted by molar-refractivity contribution is -0.137. The maximum absolute atomic E-state index is 13.8. The van der Waals surface area contributed by atoms with Crippen molar-refractivity contribution in [3.63, 3.8) is 0 Å². The van der Waals surface area contributed by atoms with Crippen molar-refractivity contribution in [2.75, 3.05) is 17.7 Å². The molecule has 0 spiro atoms. The summed E-state index contributed by atoms with van der Waals surface area (Å²) in [4.78, 5) is 26.6. The van der Waals surface area contributed by atoms with Crippen molar-refractivity contribution in [3.05, 3.63) is 58.5 Å². The van der Waals surface area contributed by atoms with Crippen molar-refractivity contribution in [1.29, 1.82) is 0 Å². The predicted octanol–water partition coefficient (Wildman–Crippen LogP) is 5.18. The summed E-state index contributed by atoms with van der Waals surface area (Å²) in [5.74, 6) is 0.274. The smallest absolute Gasteiger partial charge is 0.419 e. The quantitative estimate of drug-likeness (QED) is 0.277. The van der Waals surface area contributed by atoms with Gasteiger partial charge in [-0.1, -0.05) is 6.07 Å². The summed E-state index contributed by atoms with van der Waals surface area (Å²) in [5, 5.41) is 5.79. The maximum Gasteiger partial charge on any atom is 0.419 e. The Bertz CT molecular complexity index is 1370. The first kappa shape index (κ1) is 23.4. The average molecular weight is 536 g/mol. The van der Waals surface area contributed by atoms with Crippen LogP contribution >= 0.6 is 15.9 Å². The Balaban J connectivity index is 1.81. The molecule has 0 radical (unpaired) electrons. The van der Waals surface area contributed by atoms with E-state index in [1.165, 1.54) is 25.6 Å². The summed E-state index contributed by atoms with van der Waals surface area (Å²) >= 11 is 3.37. The molecule has 4 aromatic rings. The third-order valence-electron chi connectivity index (χ3n) is 4.86. The van der Waals surface area contributed by atoms with E-state index in [0.29, 0.717) is 26.9 Å². The number of pyridine rings is 1. The minimum atomic E-state index is -4.70. The lowest BCUT2D eigenvalue weighted by Gasteiger charge is -2.13. The topological polar surface area (TPSA) is 131 Å². The predicted molar refractivity (Wildman–Crippen MR) is 123 cm³/mol. The Kier molecular flexibility index (Phi) is 6.39. The molecule has 9 nitrogen and oxygen atoms in total. The van der Waals surface area contributed by atoms with Crippen LogP contribution in [0.25, 0.3) is 22.2 Å². The van der Waals surface area contributed by atoms with E-state index in [2.05, 4.69) is 51.2 Å². The first-order valence-corrected chi connectivity index (χ1v) is 10.5. The molecular weight excluding hydrogens is 519 g/mol. The van der Waals surface area contributed by atoms with Crippen molar-refractivity contribution in [3.8, 4) is 11.3 Å². The molecule has 0 saturated heterocycles. The minimum absolute atomic E-state index is 0.0675. The standard InChI is InChI=1S/C21H17BrF3N7O2/c1-34-20(33)30-14-3-2-11-12(8-28-18(11)16(14)22)17-13(21(23,24)25)9-29-19(32-17)31-15-6-10(7-26)4-5-27-15/h2-6,8-9,28H,7,26H2,1H3,(H,30,33)(H,27,29,31,32). The number of ether oxygens (including phenoxy) is 1. The molecule has 0 fully saturated rings. The van der Waals surface area contributed by atoms with Crippen molar-refractivity contribution in [1.82, 2.24) is 19.9 Å². The Morgan fingerprint density at radius 1 is 1.26 bits per heavy atom. The molecule has 3 aromatic heterocycles. The van der Waals surface area contributed by atoms with Gasteiger partial charge < -0.3 is 20.8 Å². The summed E-state index contributed by atoms with van der Waals surface area (Å²) in [6.07, 6.45) is -1.74. The van der Waals surface area contributed by atoms with E-state index in [-0.39, 0.29) is 23.8 Å². The van der Waals surface area contributed by atoms with Crippen LogP contribution in [0.15, 0.2) is 47.3 Å². The number of carbonyl (C=O) groups excluding carboxylic acids is 1. The van der Waals surface area contributed by atoms with Gasteiger partial charge in [-0.15, -0.1) is 0 Å². The Hall–Kier alpha value is -3.71. The van der Waals surface area contributed by atoms with Gasteiger partial charge >= 0.3 is 12.3 Å². The van der Waals surface area contributed by atoms with E-state index < -0.39 is 17.8 Å². The number of carbonyl (C=O) groups is 1. The second-order valence-corrected chi connectivity index (χ2v) is 7.79. The zero-order valence-electron chi connectivity index (χ0n) is 17.5. The van der Waals surface area contributed by atoms with Gasteiger partial charge in [0.25, 0.3) is 0 Å². The van der Waals surface area contributed by atoms with Crippen molar-refractivity contribution in [2.24, 2.45) is 5.73 Å². The summed E-state index contributed by atoms with van der Waals surface area (Å²) in [6.45, 7) is 0.271. The number of aromatic nitrogens is 4. The largest absolute Gasteiger partial charge is 0.453 e. The van der Waals surface area contributed by atoms with Gasteiger partial charge in [0.2, 0.25) is 5.95 Å². The zero-order chi connectivity index (χ0) is 24.5. The molecule has 3 heterocycles. The second kappa shape index (κ2) is 9.27. The molecule has 0 aliphatic carbocycles. The molecule has 13 heteroatoms. The third kappa shape index (κ3) is 4.65. The number of nitrogens with two attached hydrogens (primary N) is 1. The molecule has 1 aromatic carbocycles.